The van der Waals surface area contributed by atoms with Gasteiger partial charge in [-0.1, -0.05) is 42.1 Å². The molecule has 0 unspecified atom stereocenters. The molecule has 1 rings (SSSR count). The minimum Gasteiger partial charge on any atom is -0.198 e. The third-order valence-corrected chi connectivity index (χ3v) is 2.74. The Morgan fingerprint density at radius 2 is 1.82 bits per heavy atom. The average Bonchev–Trinajstić information content (AvgIpc) is 2.27. The number of hydrogen-bond acceptors (Lipinski definition) is 2. The van der Waals surface area contributed by atoms with Crippen molar-refractivity contribution in [1.82, 2.24) is 0 Å². The van der Waals surface area contributed by atoms with Crippen LogP contribution in [0.5, 0.6) is 0 Å². The van der Waals surface area contributed by atoms with Gasteiger partial charge < -0.3 is 0 Å². The van der Waals surface area contributed by atoms with Gasteiger partial charge in [0.15, 0.2) is 10.7 Å². The molecule has 0 saturated carbocycles. The molecular formula is C11H7F4NS. The molecule has 0 N–H and O–H groups in total. The fourth-order valence-electron chi connectivity index (χ4n) is 1.01. The molecular weight excluding hydrogens is 254 g/mol. The lowest BCUT2D eigenvalue weighted by Gasteiger charge is -2.05. The quantitative estimate of drug-likeness (QED) is 0.601. The van der Waals surface area contributed by atoms with Crippen molar-refractivity contribution in [3.05, 3.63) is 46.6 Å². The summed E-state index contributed by atoms with van der Waals surface area (Å²) in [6.45, 7) is 0. The number of hydrogen-bond donors (Lipinski definition) is 0. The molecule has 0 aliphatic heterocycles. The zero-order chi connectivity index (χ0) is 12.9. The molecule has 1 nitrogen and oxygen atoms in total. The molecule has 0 aliphatic carbocycles. The molecule has 0 amide bonds. The summed E-state index contributed by atoms with van der Waals surface area (Å²) in [6, 6.07) is 9.32. The van der Waals surface area contributed by atoms with Gasteiger partial charge in [-0.15, -0.1) is 0 Å². The summed E-state index contributed by atoms with van der Waals surface area (Å²) in [5, 5.41) is 6.75. The number of rotatable bonds is 3. The predicted molar refractivity (Wildman–Crippen MR) is 57.5 cm³/mol. The van der Waals surface area contributed by atoms with Crippen molar-refractivity contribution in [2.45, 2.75) is 11.9 Å². The van der Waals surface area contributed by atoms with Crippen molar-refractivity contribution in [3.63, 3.8) is 0 Å². The van der Waals surface area contributed by atoms with E-state index >= 15 is 0 Å². The first-order chi connectivity index (χ1) is 7.95. The summed E-state index contributed by atoms with van der Waals surface area (Å²) in [5.41, 5.74) is -1.09. The molecule has 90 valence electrons. The summed E-state index contributed by atoms with van der Waals surface area (Å²) >= 11 is 0.360. The highest BCUT2D eigenvalue weighted by molar-refractivity contribution is 8.02. The summed E-state index contributed by atoms with van der Waals surface area (Å²) in [7, 11) is 0. The predicted octanol–water partition coefficient (Wildman–Crippen LogP) is 4.19. The van der Waals surface area contributed by atoms with Crippen LogP contribution in [0.2, 0.25) is 0 Å². The van der Waals surface area contributed by atoms with E-state index in [1.165, 1.54) is 0 Å². The number of alkyl halides is 3. The minimum absolute atomic E-state index is 0.0495. The van der Waals surface area contributed by atoms with Gasteiger partial charge >= 0.3 is 6.18 Å². The Balaban J connectivity index is 2.75. The number of nitrogens with zero attached hydrogens (tertiary/aromatic N) is 1. The van der Waals surface area contributed by atoms with E-state index in [1.54, 1.807) is 30.3 Å². The zero-order valence-electron chi connectivity index (χ0n) is 8.46. The monoisotopic (exact) mass is 261 g/mol. The van der Waals surface area contributed by atoms with E-state index in [-0.39, 0.29) is 5.75 Å². The van der Waals surface area contributed by atoms with Crippen LogP contribution >= 0.6 is 11.8 Å². The Morgan fingerprint density at radius 3 is 2.29 bits per heavy atom. The molecule has 0 atom stereocenters. The summed E-state index contributed by atoms with van der Waals surface area (Å²) < 4.78 is 49.6. The van der Waals surface area contributed by atoms with E-state index in [2.05, 4.69) is 0 Å². The topological polar surface area (TPSA) is 23.8 Å². The van der Waals surface area contributed by atoms with Crippen LogP contribution in [-0.2, 0) is 5.75 Å². The molecule has 0 saturated heterocycles. The third-order valence-electron chi connectivity index (χ3n) is 1.80. The van der Waals surface area contributed by atoms with Crippen LogP contribution < -0.4 is 0 Å². The van der Waals surface area contributed by atoms with E-state index in [4.69, 9.17) is 5.26 Å². The van der Waals surface area contributed by atoms with Gasteiger partial charge in [0.05, 0.1) is 0 Å². The lowest BCUT2D eigenvalue weighted by molar-refractivity contribution is -0.0885. The number of benzene rings is 1. The first-order valence-corrected chi connectivity index (χ1v) is 5.47. The van der Waals surface area contributed by atoms with Gasteiger partial charge in [0.2, 0.25) is 0 Å². The van der Waals surface area contributed by atoms with Gasteiger partial charge in [-0.05, 0) is 5.56 Å². The minimum atomic E-state index is -4.94. The molecule has 0 heterocycles. The highest BCUT2D eigenvalue weighted by Crippen LogP contribution is 2.34. The van der Waals surface area contributed by atoms with Crippen molar-refractivity contribution in [1.29, 1.82) is 5.26 Å². The molecule has 0 radical (unpaired) electrons. The second-order valence-electron chi connectivity index (χ2n) is 3.03. The van der Waals surface area contributed by atoms with Crippen LogP contribution in [0.1, 0.15) is 5.56 Å². The van der Waals surface area contributed by atoms with Crippen LogP contribution in [0, 0.1) is 11.3 Å². The van der Waals surface area contributed by atoms with Crippen LogP contribution in [-0.4, -0.2) is 6.18 Å². The second kappa shape index (κ2) is 5.73. The largest absolute Gasteiger partial charge is 0.429 e. The Bertz CT molecular complexity index is 445. The number of halogens is 4. The Hall–Kier alpha value is -1.48. The van der Waals surface area contributed by atoms with E-state index in [1.807, 2.05) is 0 Å². The van der Waals surface area contributed by atoms with Crippen LogP contribution in [0.25, 0.3) is 0 Å². The van der Waals surface area contributed by atoms with E-state index in [9.17, 15) is 17.6 Å². The lowest BCUT2D eigenvalue weighted by atomic mass is 10.2. The van der Waals surface area contributed by atoms with Crippen LogP contribution in [0.15, 0.2) is 41.1 Å². The maximum absolute atomic E-state index is 13.1. The fraction of sp³-hybridized carbons (Fsp3) is 0.182. The highest BCUT2D eigenvalue weighted by atomic mass is 32.2. The maximum Gasteiger partial charge on any atom is 0.429 e. The van der Waals surface area contributed by atoms with Crippen molar-refractivity contribution < 1.29 is 17.6 Å². The second-order valence-corrected chi connectivity index (χ2v) is 3.97. The van der Waals surface area contributed by atoms with Crippen molar-refractivity contribution in [3.8, 4) is 6.07 Å². The highest BCUT2D eigenvalue weighted by Gasteiger charge is 2.37. The van der Waals surface area contributed by atoms with Crippen LogP contribution in [0.4, 0.5) is 17.6 Å². The number of allylic oxidation sites excluding steroid dienone is 1. The Morgan fingerprint density at radius 1 is 1.24 bits per heavy atom. The number of nitriles is 1. The van der Waals surface area contributed by atoms with Gasteiger partial charge in [0.25, 0.3) is 0 Å². The first kappa shape index (κ1) is 13.6. The normalized spacial score (nSPS) is 12.9. The molecule has 1 aromatic rings. The standard InChI is InChI=1S/C11H7F4NS/c12-10(9(6-16)11(13,14)15)17-7-8-4-2-1-3-5-8/h1-5H,7H2/b10-9+. The van der Waals surface area contributed by atoms with Crippen molar-refractivity contribution in [2.24, 2.45) is 0 Å². The fourth-order valence-corrected chi connectivity index (χ4v) is 1.80. The van der Waals surface area contributed by atoms with Gasteiger partial charge in [-0.25, -0.2) is 0 Å². The zero-order valence-corrected chi connectivity index (χ0v) is 9.28. The molecule has 0 aliphatic rings. The molecule has 0 aromatic heterocycles. The molecule has 0 bridgehead atoms. The molecule has 0 fully saturated rings. The van der Waals surface area contributed by atoms with Crippen molar-refractivity contribution >= 4 is 11.8 Å². The maximum atomic E-state index is 13.1. The number of thioether (sulfide) groups is 1. The van der Waals surface area contributed by atoms with Gasteiger partial charge in [-0.3, -0.25) is 0 Å². The molecule has 1 aromatic carbocycles. The van der Waals surface area contributed by atoms with Crippen molar-refractivity contribution in [2.75, 3.05) is 0 Å². The smallest absolute Gasteiger partial charge is 0.198 e. The Labute approximate surface area is 99.7 Å². The van der Waals surface area contributed by atoms with Crippen LogP contribution in [0.3, 0.4) is 0 Å². The Kier molecular flexibility index (Phi) is 4.58. The third kappa shape index (κ3) is 4.11. The van der Waals surface area contributed by atoms with E-state index in [0.717, 1.165) is 6.07 Å². The molecule has 6 heteroatoms. The summed E-state index contributed by atoms with van der Waals surface area (Å²) in [6.07, 6.45) is -4.94. The molecule has 17 heavy (non-hydrogen) atoms. The SMILES string of the molecule is N#C/C(=C(/F)SCc1ccccc1)C(F)(F)F. The van der Waals surface area contributed by atoms with E-state index in [0.29, 0.717) is 17.3 Å². The van der Waals surface area contributed by atoms with E-state index < -0.39 is 16.9 Å². The van der Waals surface area contributed by atoms with Gasteiger partial charge in [0.1, 0.15) is 6.07 Å². The first-order valence-electron chi connectivity index (χ1n) is 4.49. The summed E-state index contributed by atoms with van der Waals surface area (Å²) in [5.74, 6) is 0.0495. The average molecular weight is 261 g/mol. The lowest BCUT2D eigenvalue weighted by Crippen LogP contribution is -2.11. The van der Waals surface area contributed by atoms with Gasteiger partial charge in [0, 0.05) is 5.75 Å². The molecule has 0 spiro atoms. The summed E-state index contributed by atoms with van der Waals surface area (Å²) in [4.78, 5) is 0. The van der Waals surface area contributed by atoms with Gasteiger partial charge in [-0.2, -0.15) is 22.8 Å².